The van der Waals surface area contributed by atoms with Gasteiger partial charge in [-0.25, -0.2) is 0 Å². The average molecular weight is 246 g/mol. The summed E-state index contributed by atoms with van der Waals surface area (Å²) in [5.41, 5.74) is 0. The number of ether oxygens (including phenoxy) is 2. The van der Waals surface area contributed by atoms with Gasteiger partial charge < -0.3 is 13.9 Å². The van der Waals surface area contributed by atoms with Crippen molar-refractivity contribution in [2.45, 2.75) is 33.2 Å². The van der Waals surface area contributed by atoms with E-state index in [1.165, 1.54) is 6.08 Å². The Morgan fingerprint density at radius 1 is 1.31 bits per heavy atom. The van der Waals surface area contributed by atoms with Crippen molar-refractivity contribution in [3.8, 4) is 0 Å². The van der Waals surface area contributed by atoms with Crippen molar-refractivity contribution in [2.75, 3.05) is 19.8 Å². The normalized spacial score (nSPS) is 11.8. The summed E-state index contributed by atoms with van der Waals surface area (Å²) >= 11 is 0. The monoisotopic (exact) mass is 246 g/mol. The van der Waals surface area contributed by atoms with Gasteiger partial charge in [-0.3, -0.25) is 4.79 Å². The molecule has 0 saturated heterocycles. The zero-order chi connectivity index (χ0) is 12.6. The van der Waals surface area contributed by atoms with Crippen molar-refractivity contribution in [1.29, 1.82) is 0 Å². The highest BCUT2D eigenvalue weighted by atomic mass is 28.4. The molecule has 94 valence electrons. The molecule has 0 aliphatic carbocycles. The smallest absolute Gasteiger partial charge is 0.264 e. The van der Waals surface area contributed by atoms with Crippen LogP contribution in [0.5, 0.6) is 0 Å². The fourth-order valence-electron chi connectivity index (χ4n) is 1.11. The Morgan fingerprint density at radius 3 is 2.19 bits per heavy atom. The number of hydrogen-bond donors (Lipinski definition) is 0. The molecule has 0 radical (unpaired) electrons. The SMILES string of the molecule is C=CC(=O)[Si](C)(C)OCC(OCC)OCC. The maximum absolute atomic E-state index is 11.5. The van der Waals surface area contributed by atoms with Crippen LogP contribution in [0.1, 0.15) is 13.8 Å². The highest BCUT2D eigenvalue weighted by molar-refractivity contribution is 7.01. The Morgan fingerprint density at radius 2 is 1.81 bits per heavy atom. The van der Waals surface area contributed by atoms with E-state index in [0.717, 1.165) is 0 Å². The maximum atomic E-state index is 11.5. The average Bonchev–Trinajstić information content (AvgIpc) is 2.25. The lowest BCUT2D eigenvalue weighted by Crippen LogP contribution is -2.42. The summed E-state index contributed by atoms with van der Waals surface area (Å²) in [6.45, 7) is 12.3. The molecule has 0 heterocycles. The highest BCUT2D eigenvalue weighted by Gasteiger charge is 2.31. The molecule has 0 aromatic rings. The van der Waals surface area contributed by atoms with Crippen LogP contribution in [0.15, 0.2) is 12.7 Å². The molecule has 4 nitrogen and oxygen atoms in total. The zero-order valence-electron chi connectivity index (χ0n) is 10.6. The molecule has 0 rings (SSSR count). The molecule has 0 N–H and O–H groups in total. The molecular weight excluding hydrogens is 224 g/mol. The first-order valence-electron chi connectivity index (χ1n) is 5.52. The zero-order valence-corrected chi connectivity index (χ0v) is 11.6. The molecule has 0 atom stereocenters. The van der Waals surface area contributed by atoms with E-state index in [1.54, 1.807) is 0 Å². The van der Waals surface area contributed by atoms with Gasteiger partial charge in [-0.15, -0.1) is 0 Å². The van der Waals surface area contributed by atoms with Crippen LogP contribution >= 0.6 is 0 Å². The molecule has 5 heteroatoms. The van der Waals surface area contributed by atoms with Crippen molar-refractivity contribution < 1.29 is 18.7 Å². The number of carbonyl (C=O) groups is 1. The van der Waals surface area contributed by atoms with Crippen molar-refractivity contribution in [1.82, 2.24) is 0 Å². The summed E-state index contributed by atoms with van der Waals surface area (Å²) in [6, 6.07) is 0. The second-order valence-electron chi connectivity index (χ2n) is 3.73. The third-order valence-electron chi connectivity index (χ3n) is 2.06. The topological polar surface area (TPSA) is 44.8 Å². The van der Waals surface area contributed by atoms with Crippen molar-refractivity contribution in [3.63, 3.8) is 0 Å². The first kappa shape index (κ1) is 15.5. The molecule has 0 aliphatic heterocycles. The van der Waals surface area contributed by atoms with E-state index in [0.29, 0.717) is 19.8 Å². The van der Waals surface area contributed by atoms with Gasteiger partial charge in [0.25, 0.3) is 8.32 Å². The lowest BCUT2D eigenvalue weighted by atomic mass is 10.6. The Balaban J connectivity index is 4.17. The van der Waals surface area contributed by atoms with Crippen molar-refractivity contribution >= 4 is 13.7 Å². The van der Waals surface area contributed by atoms with E-state index in [9.17, 15) is 4.79 Å². The Hall–Kier alpha value is -0.493. The van der Waals surface area contributed by atoms with E-state index in [-0.39, 0.29) is 11.7 Å². The second-order valence-corrected chi connectivity index (χ2v) is 7.53. The van der Waals surface area contributed by atoms with Crippen molar-refractivity contribution in [3.05, 3.63) is 12.7 Å². The Kier molecular flexibility index (Phi) is 7.49. The maximum Gasteiger partial charge on any atom is 0.264 e. The van der Waals surface area contributed by atoms with Gasteiger partial charge in [0.05, 0.1) is 6.61 Å². The summed E-state index contributed by atoms with van der Waals surface area (Å²) < 4.78 is 16.3. The fraction of sp³-hybridized carbons (Fsp3) is 0.727. The lowest BCUT2D eigenvalue weighted by Gasteiger charge is -2.23. The molecule has 0 aromatic carbocycles. The second kappa shape index (κ2) is 7.73. The highest BCUT2D eigenvalue weighted by Crippen LogP contribution is 2.09. The van der Waals surface area contributed by atoms with Crippen LogP contribution in [0, 0.1) is 0 Å². The van der Waals surface area contributed by atoms with Crippen molar-refractivity contribution in [2.24, 2.45) is 0 Å². The third kappa shape index (κ3) is 5.55. The van der Waals surface area contributed by atoms with Crippen LogP contribution in [-0.4, -0.2) is 39.8 Å². The van der Waals surface area contributed by atoms with E-state index in [4.69, 9.17) is 13.9 Å². The third-order valence-corrected chi connectivity index (χ3v) is 4.34. The standard InChI is InChI=1S/C11H22O4Si/c1-6-10(12)16(4,5)15-9-11(13-7-2)14-8-3/h6,11H,1,7-9H2,2-5H3. The number of rotatable bonds is 9. The van der Waals surface area contributed by atoms with E-state index in [1.807, 2.05) is 26.9 Å². The quantitative estimate of drug-likeness (QED) is 0.354. The molecule has 0 amide bonds. The molecule has 0 aliphatic rings. The molecule has 0 unspecified atom stereocenters. The molecule has 0 aromatic heterocycles. The van der Waals surface area contributed by atoms with E-state index < -0.39 is 8.32 Å². The summed E-state index contributed by atoms with van der Waals surface area (Å²) in [6.07, 6.45) is 0.933. The number of hydrogen-bond acceptors (Lipinski definition) is 4. The molecular formula is C11H22O4Si. The van der Waals surface area contributed by atoms with E-state index >= 15 is 0 Å². The minimum absolute atomic E-state index is 0.0146. The van der Waals surface area contributed by atoms with Gasteiger partial charge in [0.1, 0.15) is 0 Å². The van der Waals surface area contributed by atoms with Gasteiger partial charge in [0.15, 0.2) is 11.7 Å². The summed E-state index contributed by atoms with van der Waals surface area (Å²) in [5.74, 6) is 0. The summed E-state index contributed by atoms with van der Waals surface area (Å²) in [4.78, 5) is 11.5. The number of allylic oxidation sites excluding steroid dienone is 1. The molecule has 0 fully saturated rings. The predicted octanol–water partition coefficient (Wildman–Crippen LogP) is 1.90. The van der Waals surface area contributed by atoms with Gasteiger partial charge in [-0.1, -0.05) is 6.58 Å². The first-order valence-corrected chi connectivity index (χ1v) is 8.42. The van der Waals surface area contributed by atoms with E-state index in [2.05, 4.69) is 6.58 Å². The summed E-state index contributed by atoms with van der Waals surface area (Å²) in [7, 11) is -2.34. The van der Waals surface area contributed by atoms with Gasteiger partial charge in [-0.2, -0.15) is 0 Å². The molecule has 0 spiro atoms. The van der Waals surface area contributed by atoms with Gasteiger partial charge >= 0.3 is 0 Å². The van der Waals surface area contributed by atoms with Crippen LogP contribution in [-0.2, 0) is 18.7 Å². The minimum Gasteiger partial charge on any atom is -0.404 e. The van der Waals surface area contributed by atoms with Gasteiger partial charge in [-0.05, 0) is 33.0 Å². The van der Waals surface area contributed by atoms with Crippen LogP contribution < -0.4 is 0 Å². The molecule has 0 saturated carbocycles. The molecule has 16 heavy (non-hydrogen) atoms. The van der Waals surface area contributed by atoms with Crippen LogP contribution in [0.3, 0.4) is 0 Å². The first-order chi connectivity index (χ1) is 7.47. The number of carbonyl (C=O) groups excluding carboxylic acids is 1. The van der Waals surface area contributed by atoms with Crippen LogP contribution in [0.2, 0.25) is 13.1 Å². The Bertz CT molecular complexity index is 222. The summed E-state index contributed by atoms with van der Waals surface area (Å²) in [5, 5.41) is -0.0146. The van der Waals surface area contributed by atoms with Gasteiger partial charge in [0.2, 0.25) is 0 Å². The van der Waals surface area contributed by atoms with Gasteiger partial charge in [0, 0.05) is 13.2 Å². The predicted molar refractivity (Wildman–Crippen MR) is 65.7 cm³/mol. The van der Waals surface area contributed by atoms with Crippen LogP contribution in [0.4, 0.5) is 0 Å². The minimum atomic E-state index is -2.34. The lowest BCUT2D eigenvalue weighted by molar-refractivity contribution is -0.154. The fourth-order valence-corrected chi connectivity index (χ4v) is 2.30. The largest absolute Gasteiger partial charge is 0.404 e. The van der Waals surface area contributed by atoms with Crippen LogP contribution in [0.25, 0.3) is 0 Å². The molecule has 0 bridgehead atoms. The Labute approximate surface area is 98.7 Å².